The number of aryl methyl sites for hydroxylation is 2. The maximum atomic E-state index is 5.36. The molecule has 0 aliphatic rings. The molecule has 1 aromatic rings. The van der Waals surface area contributed by atoms with Crippen molar-refractivity contribution >= 4 is 5.96 Å². The first-order valence-corrected chi connectivity index (χ1v) is 5.40. The molecular formula is C10H20N6O. The number of guanidine groups is 1. The molecule has 0 spiro atoms. The lowest BCUT2D eigenvalue weighted by atomic mass is 10.3. The number of hydrogen-bond acceptors (Lipinski definition) is 4. The number of nitrogens with zero attached hydrogens (tertiary/aromatic N) is 3. The van der Waals surface area contributed by atoms with Gasteiger partial charge in [0.15, 0.2) is 0 Å². The van der Waals surface area contributed by atoms with E-state index in [9.17, 15) is 0 Å². The molecule has 1 aromatic heterocycles. The lowest BCUT2D eigenvalue weighted by molar-refractivity contribution is 0.203. The molecule has 0 saturated heterocycles. The van der Waals surface area contributed by atoms with Crippen molar-refractivity contribution in [2.24, 2.45) is 17.9 Å². The number of ether oxygens (including phenoxy) is 1. The molecule has 0 radical (unpaired) electrons. The topological polar surface area (TPSA) is 89.5 Å². The Hall–Kier alpha value is -1.60. The van der Waals surface area contributed by atoms with E-state index in [0.29, 0.717) is 25.7 Å². The van der Waals surface area contributed by atoms with Crippen molar-refractivity contribution < 1.29 is 4.74 Å². The third kappa shape index (κ3) is 4.41. The summed E-state index contributed by atoms with van der Waals surface area (Å²) in [6.07, 6.45) is 1.95. The minimum absolute atomic E-state index is 0.541. The van der Waals surface area contributed by atoms with Gasteiger partial charge in [-0.1, -0.05) is 0 Å². The van der Waals surface area contributed by atoms with Gasteiger partial charge in [-0.2, -0.15) is 5.10 Å². The Bertz CT molecular complexity index is 373. The van der Waals surface area contributed by atoms with E-state index in [1.165, 1.54) is 0 Å². The zero-order chi connectivity index (χ0) is 12.7. The molecule has 0 fully saturated rings. The molecule has 1 rings (SSSR count). The van der Waals surface area contributed by atoms with Gasteiger partial charge in [-0.05, 0) is 6.92 Å². The van der Waals surface area contributed by atoms with Crippen LogP contribution in [0.5, 0.6) is 0 Å². The van der Waals surface area contributed by atoms with Crippen molar-refractivity contribution in [3.8, 4) is 0 Å². The third-order valence-corrected chi connectivity index (χ3v) is 2.26. The highest BCUT2D eigenvalue weighted by atomic mass is 16.5. The number of methoxy groups -OCH3 is 1. The van der Waals surface area contributed by atoms with Gasteiger partial charge in [0.05, 0.1) is 18.8 Å². The molecule has 7 nitrogen and oxygen atoms in total. The maximum absolute atomic E-state index is 5.36. The van der Waals surface area contributed by atoms with Crippen LogP contribution in [0.15, 0.2) is 11.2 Å². The smallest absolute Gasteiger partial charge is 0.206 e. The van der Waals surface area contributed by atoms with E-state index in [1.807, 2.05) is 20.2 Å². The number of rotatable bonds is 5. The molecule has 0 saturated carbocycles. The van der Waals surface area contributed by atoms with Crippen LogP contribution in [0.25, 0.3) is 0 Å². The van der Waals surface area contributed by atoms with Crippen LogP contribution in [0.4, 0.5) is 0 Å². The molecule has 0 aliphatic heterocycles. The molecule has 17 heavy (non-hydrogen) atoms. The van der Waals surface area contributed by atoms with E-state index in [4.69, 9.17) is 10.6 Å². The van der Waals surface area contributed by atoms with Gasteiger partial charge in [-0.15, -0.1) is 0 Å². The number of aromatic nitrogens is 2. The average Bonchev–Trinajstić information content (AvgIpc) is 2.62. The molecule has 4 N–H and O–H groups in total. The van der Waals surface area contributed by atoms with E-state index in [1.54, 1.807) is 11.8 Å². The number of nitrogens with one attached hydrogen (secondary N) is 2. The summed E-state index contributed by atoms with van der Waals surface area (Å²) in [6, 6.07) is 0. The van der Waals surface area contributed by atoms with Gasteiger partial charge < -0.3 is 10.1 Å². The van der Waals surface area contributed by atoms with Gasteiger partial charge in [0.1, 0.15) is 0 Å². The van der Waals surface area contributed by atoms with Gasteiger partial charge in [-0.3, -0.25) is 10.1 Å². The maximum Gasteiger partial charge on any atom is 0.206 e. The molecule has 0 amide bonds. The first-order chi connectivity index (χ1) is 8.17. The fourth-order valence-electron chi connectivity index (χ4n) is 1.39. The second kappa shape index (κ2) is 6.87. The highest BCUT2D eigenvalue weighted by Gasteiger charge is 2.02. The Morgan fingerprint density at radius 1 is 1.65 bits per heavy atom. The van der Waals surface area contributed by atoms with Crippen LogP contribution >= 0.6 is 0 Å². The van der Waals surface area contributed by atoms with Crippen molar-refractivity contribution in [2.45, 2.75) is 13.5 Å². The van der Waals surface area contributed by atoms with Gasteiger partial charge >= 0.3 is 0 Å². The van der Waals surface area contributed by atoms with E-state index >= 15 is 0 Å². The second-order valence-electron chi connectivity index (χ2n) is 3.64. The van der Waals surface area contributed by atoms with E-state index in [-0.39, 0.29) is 0 Å². The van der Waals surface area contributed by atoms with Crippen molar-refractivity contribution in [1.29, 1.82) is 0 Å². The van der Waals surface area contributed by atoms with Crippen LogP contribution < -0.4 is 16.6 Å². The predicted molar refractivity (Wildman–Crippen MR) is 66.3 cm³/mol. The molecule has 0 aliphatic carbocycles. The second-order valence-corrected chi connectivity index (χ2v) is 3.64. The molecule has 0 atom stereocenters. The normalized spacial score (nSPS) is 11.6. The van der Waals surface area contributed by atoms with Gasteiger partial charge in [0, 0.05) is 32.5 Å². The quantitative estimate of drug-likeness (QED) is 0.208. The van der Waals surface area contributed by atoms with E-state index < -0.39 is 0 Å². The molecule has 0 unspecified atom stereocenters. The number of hydrogen-bond donors (Lipinski definition) is 3. The van der Waals surface area contributed by atoms with Crippen LogP contribution in [-0.4, -0.2) is 36.0 Å². The van der Waals surface area contributed by atoms with Crippen molar-refractivity contribution in [3.05, 3.63) is 17.5 Å². The SMILES string of the molecule is COCCNC(=NCc1cn(C)nc1C)NN. The lowest BCUT2D eigenvalue weighted by Crippen LogP contribution is -2.42. The van der Waals surface area contributed by atoms with Gasteiger partial charge in [0.2, 0.25) is 5.96 Å². The minimum Gasteiger partial charge on any atom is -0.383 e. The Morgan fingerprint density at radius 3 is 2.94 bits per heavy atom. The standard InChI is InChI=1S/C10H20N6O/c1-8-9(7-16(2)15-8)6-13-10(14-11)12-4-5-17-3/h7H,4-6,11H2,1-3H3,(H2,12,13,14). The highest BCUT2D eigenvalue weighted by molar-refractivity contribution is 5.79. The summed E-state index contributed by atoms with van der Waals surface area (Å²) < 4.78 is 6.69. The molecule has 0 aromatic carbocycles. The zero-order valence-electron chi connectivity index (χ0n) is 10.5. The number of hydrazine groups is 1. The monoisotopic (exact) mass is 240 g/mol. The summed E-state index contributed by atoms with van der Waals surface area (Å²) in [5, 5.41) is 7.27. The summed E-state index contributed by atoms with van der Waals surface area (Å²) >= 11 is 0. The molecular weight excluding hydrogens is 220 g/mol. The number of aliphatic imine (C=N–C) groups is 1. The first-order valence-electron chi connectivity index (χ1n) is 5.40. The van der Waals surface area contributed by atoms with Crippen LogP contribution in [0.3, 0.4) is 0 Å². The van der Waals surface area contributed by atoms with E-state index in [2.05, 4.69) is 20.8 Å². The fourth-order valence-corrected chi connectivity index (χ4v) is 1.39. The van der Waals surface area contributed by atoms with Gasteiger partial charge in [0.25, 0.3) is 0 Å². The van der Waals surface area contributed by atoms with Crippen LogP contribution in [0, 0.1) is 6.92 Å². The summed E-state index contributed by atoms with van der Waals surface area (Å²) in [5.74, 6) is 5.90. The summed E-state index contributed by atoms with van der Waals surface area (Å²) in [4.78, 5) is 4.32. The Morgan fingerprint density at radius 2 is 2.41 bits per heavy atom. The summed E-state index contributed by atoms with van der Waals surface area (Å²) in [5.41, 5.74) is 4.57. The summed E-state index contributed by atoms with van der Waals surface area (Å²) in [7, 11) is 3.53. The van der Waals surface area contributed by atoms with Crippen molar-refractivity contribution in [1.82, 2.24) is 20.5 Å². The Kier molecular flexibility index (Phi) is 5.44. The third-order valence-electron chi connectivity index (χ3n) is 2.26. The highest BCUT2D eigenvalue weighted by Crippen LogP contribution is 2.05. The van der Waals surface area contributed by atoms with Crippen LogP contribution in [-0.2, 0) is 18.3 Å². The molecule has 96 valence electrons. The van der Waals surface area contributed by atoms with Gasteiger partial charge in [-0.25, -0.2) is 10.8 Å². The molecule has 1 heterocycles. The zero-order valence-corrected chi connectivity index (χ0v) is 10.5. The van der Waals surface area contributed by atoms with Crippen molar-refractivity contribution in [3.63, 3.8) is 0 Å². The number of nitrogens with two attached hydrogens (primary N) is 1. The lowest BCUT2D eigenvalue weighted by Gasteiger charge is -2.08. The molecule has 7 heteroatoms. The van der Waals surface area contributed by atoms with E-state index in [0.717, 1.165) is 11.3 Å². The average molecular weight is 240 g/mol. The first kappa shape index (κ1) is 13.5. The van der Waals surface area contributed by atoms with Crippen molar-refractivity contribution in [2.75, 3.05) is 20.3 Å². The molecule has 0 bridgehead atoms. The van der Waals surface area contributed by atoms with Crippen LogP contribution in [0.1, 0.15) is 11.3 Å². The Balaban J connectivity index is 2.51. The largest absolute Gasteiger partial charge is 0.383 e. The Labute approximate surface area is 101 Å². The van der Waals surface area contributed by atoms with Crippen LogP contribution in [0.2, 0.25) is 0 Å². The fraction of sp³-hybridized carbons (Fsp3) is 0.600. The minimum atomic E-state index is 0.541. The summed E-state index contributed by atoms with van der Waals surface area (Å²) in [6.45, 7) is 3.76. The predicted octanol–water partition coefficient (Wildman–Crippen LogP) is -0.716.